The number of aromatic nitrogens is 1. The van der Waals surface area contributed by atoms with E-state index < -0.39 is 0 Å². The summed E-state index contributed by atoms with van der Waals surface area (Å²) in [5, 5.41) is 5.41. The molecular formula is C11H10N4OS. The van der Waals surface area contributed by atoms with Crippen molar-refractivity contribution >= 4 is 28.1 Å². The maximum absolute atomic E-state index is 11.2. The van der Waals surface area contributed by atoms with Crippen LogP contribution >= 0.6 is 11.3 Å². The molecule has 1 aromatic carbocycles. The van der Waals surface area contributed by atoms with E-state index in [0.717, 1.165) is 22.5 Å². The summed E-state index contributed by atoms with van der Waals surface area (Å²) < 4.78 is 0. The fourth-order valence-electron chi connectivity index (χ4n) is 1.86. The first kappa shape index (κ1) is 10.2. The molecule has 2 heterocycles. The minimum absolute atomic E-state index is 0.0414. The second-order valence-corrected chi connectivity index (χ2v) is 4.64. The molecule has 0 radical (unpaired) electrons. The maximum atomic E-state index is 11.2. The smallest absolute Gasteiger partial charge is 0.228 e. The predicted octanol–water partition coefficient (Wildman–Crippen LogP) is 1.59. The lowest BCUT2D eigenvalue weighted by Crippen LogP contribution is -2.05. The van der Waals surface area contributed by atoms with Crippen molar-refractivity contribution in [2.24, 2.45) is 5.84 Å². The first-order valence-corrected chi connectivity index (χ1v) is 5.99. The molecule has 0 saturated heterocycles. The molecule has 0 atom stereocenters. The number of carbonyl (C=O) groups is 1. The van der Waals surface area contributed by atoms with Crippen LogP contribution in [0.5, 0.6) is 0 Å². The molecule has 1 aromatic heterocycles. The molecule has 0 saturated carbocycles. The van der Waals surface area contributed by atoms with Crippen molar-refractivity contribution in [3.8, 4) is 11.3 Å². The van der Waals surface area contributed by atoms with Gasteiger partial charge in [-0.25, -0.2) is 10.8 Å². The summed E-state index contributed by atoms with van der Waals surface area (Å²) in [6, 6.07) is 5.84. The van der Waals surface area contributed by atoms with Gasteiger partial charge in [-0.2, -0.15) is 0 Å². The molecule has 1 aliphatic rings. The molecule has 17 heavy (non-hydrogen) atoms. The van der Waals surface area contributed by atoms with E-state index in [1.165, 1.54) is 11.3 Å². The number of benzene rings is 1. The van der Waals surface area contributed by atoms with Gasteiger partial charge in [-0.1, -0.05) is 6.07 Å². The van der Waals surface area contributed by atoms with Crippen LogP contribution in [-0.2, 0) is 11.2 Å². The number of hydrazine groups is 1. The van der Waals surface area contributed by atoms with E-state index >= 15 is 0 Å². The van der Waals surface area contributed by atoms with Gasteiger partial charge in [-0.05, 0) is 17.7 Å². The largest absolute Gasteiger partial charge is 0.326 e. The molecule has 0 unspecified atom stereocenters. The van der Waals surface area contributed by atoms with Crippen LogP contribution in [0.1, 0.15) is 5.56 Å². The zero-order chi connectivity index (χ0) is 11.8. The topological polar surface area (TPSA) is 80.0 Å². The summed E-state index contributed by atoms with van der Waals surface area (Å²) in [7, 11) is 0. The Bertz CT molecular complexity index is 593. The van der Waals surface area contributed by atoms with Gasteiger partial charge in [0.05, 0.1) is 12.1 Å². The second-order valence-electron chi connectivity index (χ2n) is 3.78. The van der Waals surface area contributed by atoms with E-state index in [2.05, 4.69) is 15.7 Å². The standard InChI is InChI=1S/C11H10N4OS/c12-15-11-14-9(5-17-11)6-1-2-8-7(3-6)4-10(16)13-8/h1-3,5H,4,12H2,(H,13,16)(H,14,15). The Kier molecular flexibility index (Phi) is 2.31. The quantitative estimate of drug-likeness (QED) is 0.555. The highest BCUT2D eigenvalue weighted by Gasteiger charge is 2.18. The third kappa shape index (κ3) is 1.77. The summed E-state index contributed by atoms with van der Waals surface area (Å²) >= 11 is 1.45. The molecule has 5 nitrogen and oxygen atoms in total. The molecule has 4 N–H and O–H groups in total. The van der Waals surface area contributed by atoms with Gasteiger partial charge in [0.2, 0.25) is 5.91 Å². The maximum Gasteiger partial charge on any atom is 0.228 e. The minimum atomic E-state index is 0.0414. The number of nitrogen functional groups attached to an aromatic ring is 1. The number of hydrogen-bond donors (Lipinski definition) is 3. The van der Waals surface area contributed by atoms with Crippen LogP contribution in [0, 0.1) is 0 Å². The van der Waals surface area contributed by atoms with Crippen molar-refractivity contribution < 1.29 is 4.79 Å². The van der Waals surface area contributed by atoms with Gasteiger partial charge in [-0.3, -0.25) is 10.2 Å². The molecule has 3 rings (SSSR count). The summed E-state index contributed by atoms with van der Waals surface area (Å²) in [6.45, 7) is 0. The molecule has 0 fully saturated rings. The Labute approximate surface area is 102 Å². The van der Waals surface area contributed by atoms with Gasteiger partial charge < -0.3 is 5.32 Å². The molecule has 0 aliphatic carbocycles. The van der Waals surface area contributed by atoms with Gasteiger partial charge in [0, 0.05) is 16.6 Å². The molecule has 0 bridgehead atoms. The van der Waals surface area contributed by atoms with E-state index in [-0.39, 0.29) is 5.91 Å². The molecule has 2 aromatic rings. The average Bonchev–Trinajstić information content (AvgIpc) is 2.92. The van der Waals surface area contributed by atoms with Gasteiger partial charge in [0.25, 0.3) is 0 Å². The highest BCUT2D eigenvalue weighted by atomic mass is 32.1. The van der Waals surface area contributed by atoms with E-state index in [1.54, 1.807) is 0 Å². The highest BCUT2D eigenvalue weighted by molar-refractivity contribution is 7.14. The lowest BCUT2D eigenvalue weighted by Gasteiger charge is -2.01. The zero-order valence-corrected chi connectivity index (χ0v) is 9.67. The average molecular weight is 246 g/mol. The number of carbonyl (C=O) groups excluding carboxylic acids is 1. The molecular weight excluding hydrogens is 236 g/mol. The Morgan fingerprint density at radius 2 is 2.35 bits per heavy atom. The van der Waals surface area contributed by atoms with Crippen molar-refractivity contribution in [3.05, 3.63) is 29.1 Å². The van der Waals surface area contributed by atoms with Gasteiger partial charge in [0.15, 0.2) is 5.13 Å². The number of hydrogen-bond acceptors (Lipinski definition) is 5. The number of nitrogens with one attached hydrogen (secondary N) is 2. The van der Waals surface area contributed by atoms with Crippen LogP contribution < -0.4 is 16.6 Å². The number of thiazole rings is 1. The molecule has 86 valence electrons. The van der Waals surface area contributed by atoms with Crippen LogP contribution in [0.3, 0.4) is 0 Å². The Morgan fingerprint density at radius 3 is 3.12 bits per heavy atom. The summed E-state index contributed by atoms with van der Waals surface area (Å²) in [4.78, 5) is 15.6. The fourth-order valence-corrected chi connectivity index (χ4v) is 2.49. The van der Waals surface area contributed by atoms with Crippen molar-refractivity contribution in [1.29, 1.82) is 0 Å². The molecule has 6 heteroatoms. The number of amides is 1. The van der Waals surface area contributed by atoms with Crippen LogP contribution in [0.4, 0.5) is 10.8 Å². The summed E-state index contributed by atoms with van der Waals surface area (Å²) in [5.41, 5.74) is 6.29. The number of nitrogens with zero attached hydrogens (tertiary/aromatic N) is 1. The van der Waals surface area contributed by atoms with Gasteiger partial charge >= 0.3 is 0 Å². The summed E-state index contributed by atoms with van der Waals surface area (Å²) in [6.07, 6.45) is 0.440. The van der Waals surface area contributed by atoms with Crippen molar-refractivity contribution in [1.82, 2.24) is 4.98 Å². The normalized spacial score (nSPS) is 13.4. The lowest BCUT2D eigenvalue weighted by molar-refractivity contribution is -0.115. The third-order valence-electron chi connectivity index (χ3n) is 2.65. The second kappa shape index (κ2) is 3.83. The minimum Gasteiger partial charge on any atom is -0.326 e. The Balaban J connectivity index is 1.99. The lowest BCUT2D eigenvalue weighted by atomic mass is 10.1. The van der Waals surface area contributed by atoms with Gasteiger partial charge in [0.1, 0.15) is 0 Å². The number of nitrogens with two attached hydrogens (primary N) is 1. The van der Waals surface area contributed by atoms with E-state index in [9.17, 15) is 4.79 Å². The van der Waals surface area contributed by atoms with E-state index in [4.69, 9.17) is 5.84 Å². The fraction of sp³-hybridized carbons (Fsp3) is 0.0909. The zero-order valence-electron chi connectivity index (χ0n) is 8.86. The van der Waals surface area contributed by atoms with E-state index in [1.807, 2.05) is 23.6 Å². The number of fused-ring (bicyclic) bond motifs is 1. The van der Waals surface area contributed by atoms with Crippen molar-refractivity contribution in [3.63, 3.8) is 0 Å². The van der Waals surface area contributed by atoms with Crippen LogP contribution in [0.25, 0.3) is 11.3 Å². The molecule has 0 spiro atoms. The van der Waals surface area contributed by atoms with Crippen LogP contribution in [0.15, 0.2) is 23.6 Å². The van der Waals surface area contributed by atoms with Gasteiger partial charge in [-0.15, -0.1) is 11.3 Å². The molecule has 1 aliphatic heterocycles. The summed E-state index contributed by atoms with van der Waals surface area (Å²) in [5.74, 6) is 5.33. The number of anilines is 2. The van der Waals surface area contributed by atoms with Crippen LogP contribution in [0.2, 0.25) is 0 Å². The third-order valence-corrected chi connectivity index (χ3v) is 3.43. The monoisotopic (exact) mass is 246 g/mol. The van der Waals surface area contributed by atoms with Crippen LogP contribution in [-0.4, -0.2) is 10.9 Å². The first-order chi connectivity index (χ1) is 8.26. The highest BCUT2D eigenvalue weighted by Crippen LogP contribution is 2.30. The Hall–Kier alpha value is -1.92. The SMILES string of the molecule is NNc1nc(-c2ccc3c(c2)CC(=O)N3)cs1. The van der Waals surface area contributed by atoms with E-state index in [0.29, 0.717) is 11.6 Å². The van der Waals surface area contributed by atoms with Crippen molar-refractivity contribution in [2.45, 2.75) is 6.42 Å². The first-order valence-electron chi connectivity index (χ1n) is 5.11. The Morgan fingerprint density at radius 1 is 1.47 bits per heavy atom. The van der Waals surface area contributed by atoms with Crippen molar-refractivity contribution in [2.75, 3.05) is 10.7 Å². The predicted molar refractivity (Wildman–Crippen MR) is 67.7 cm³/mol. The molecule has 1 amide bonds. The number of rotatable bonds is 2.